The van der Waals surface area contributed by atoms with E-state index in [2.05, 4.69) is 12.2 Å². The standard InChI is InChI=1S/C14H28N2O/c1-3-4-5-6-7-14(17)16(2)12-13-8-10-15-11-9-13/h13,15H,3-12H2,1-2H3. The number of amides is 1. The highest BCUT2D eigenvalue weighted by atomic mass is 16.2. The molecule has 0 bridgehead atoms. The Morgan fingerprint density at radius 3 is 2.59 bits per heavy atom. The van der Waals surface area contributed by atoms with Gasteiger partial charge >= 0.3 is 0 Å². The van der Waals surface area contributed by atoms with Gasteiger partial charge in [-0.3, -0.25) is 4.79 Å². The Morgan fingerprint density at radius 1 is 1.24 bits per heavy atom. The molecule has 0 aliphatic carbocycles. The van der Waals surface area contributed by atoms with E-state index in [1.807, 2.05) is 11.9 Å². The molecule has 0 atom stereocenters. The van der Waals surface area contributed by atoms with Gasteiger partial charge in [-0.25, -0.2) is 0 Å². The molecular formula is C14H28N2O. The van der Waals surface area contributed by atoms with Gasteiger partial charge < -0.3 is 10.2 Å². The minimum absolute atomic E-state index is 0.333. The number of carbonyl (C=O) groups is 1. The van der Waals surface area contributed by atoms with Gasteiger partial charge in [0.25, 0.3) is 0 Å². The van der Waals surface area contributed by atoms with Gasteiger partial charge in [0.1, 0.15) is 0 Å². The summed E-state index contributed by atoms with van der Waals surface area (Å²) >= 11 is 0. The van der Waals surface area contributed by atoms with Crippen LogP contribution in [0, 0.1) is 5.92 Å². The second-order valence-electron chi connectivity index (χ2n) is 5.28. The molecule has 1 aliphatic rings. The van der Waals surface area contributed by atoms with Gasteiger partial charge in [-0.1, -0.05) is 26.2 Å². The Balaban J connectivity index is 2.12. The third-order valence-corrected chi connectivity index (χ3v) is 3.66. The predicted molar refractivity (Wildman–Crippen MR) is 72.0 cm³/mol. The Hall–Kier alpha value is -0.570. The number of hydrogen-bond donors (Lipinski definition) is 1. The summed E-state index contributed by atoms with van der Waals surface area (Å²) in [5, 5.41) is 3.36. The largest absolute Gasteiger partial charge is 0.345 e. The van der Waals surface area contributed by atoms with E-state index in [0.29, 0.717) is 11.8 Å². The van der Waals surface area contributed by atoms with E-state index in [4.69, 9.17) is 0 Å². The average molecular weight is 240 g/mol. The van der Waals surface area contributed by atoms with E-state index in [0.717, 1.165) is 32.5 Å². The Labute approximate surface area is 106 Å². The van der Waals surface area contributed by atoms with Gasteiger partial charge in [-0.15, -0.1) is 0 Å². The zero-order valence-corrected chi connectivity index (χ0v) is 11.5. The molecule has 0 spiro atoms. The molecule has 1 rings (SSSR count). The van der Waals surface area contributed by atoms with Crippen LogP contribution in [-0.2, 0) is 4.79 Å². The number of hydrogen-bond acceptors (Lipinski definition) is 2. The lowest BCUT2D eigenvalue weighted by molar-refractivity contribution is -0.130. The second-order valence-corrected chi connectivity index (χ2v) is 5.28. The highest BCUT2D eigenvalue weighted by Gasteiger charge is 2.17. The maximum atomic E-state index is 11.9. The van der Waals surface area contributed by atoms with Crippen LogP contribution in [-0.4, -0.2) is 37.5 Å². The van der Waals surface area contributed by atoms with Gasteiger partial charge in [0.2, 0.25) is 5.91 Å². The van der Waals surface area contributed by atoms with Crippen molar-refractivity contribution in [1.29, 1.82) is 0 Å². The van der Waals surface area contributed by atoms with Crippen LogP contribution < -0.4 is 5.32 Å². The highest BCUT2D eigenvalue weighted by Crippen LogP contribution is 2.13. The molecule has 3 heteroatoms. The molecule has 1 amide bonds. The van der Waals surface area contributed by atoms with Crippen LogP contribution in [0.15, 0.2) is 0 Å². The van der Waals surface area contributed by atoms with Crippen molar-refractivity contribution in [3.8, 4) is 0 Å². The fourth-order valence-corrected chi connectivity index (χ4v) is 2.45. The second kappa shape index (κ2) is 8.51. The molecule has 0 unspecified atom stereocenters. The molecule has 0 aromatic carbocycles. The molecule has 100 valence electrons. The third kappa shape index (κ3) is 6.06. The maximum Gasteiger partial charge on any atom is 0.222 e. The number of nitrogens with zero attached hydrogens (tertiary/aromatic N) is 1. The van der Waals surface area contributed by atoms with Crippen molar-refractivity contribution in [2.24, 2.45) is 5.92 Å². The van der Waals surface area contributed by atoms with E-state index in [1.54, 1.807) is 0 Å². The van der Waals surface area contributed by atoms with Crippen molar-refractivity contribution in [3.63, 3.8) is 0 Å². The fourth-order valence-electron chi connectivity index (χ4n) is 2.45. The molecular weight excluding hydrogens is 212 g/mol. The molecule has 3 nitrogen and oxygen atoms in total. The molecule has 1 N–H and O–H groups in total. The predicted octanol–water partition coefficient (Wildman–Crippen LogP) is 2.41. The van der Waals surface area contributed by atoms with Crippen LogP contribution in [0.5, 0.6) is 0 Å². The monoisotopic (exact) mass is 240 g/mol. The smallest absolute Gasteiger partial charge is 0.222 e. The summed E-state index contributed by atoms with van der Waals surface area (Å²) in [5.41, 5.74) is 0. The zero-order chi connectivity index (χ0) is 12.5. The first kappa shape index (κ1) is 14.5. The van der Waals surface area contributed by atoms with E-state index in [-0.39, 0.29) is 0 Å². The van der Waals surface area contributed by atoms with Gasteiger partial charge in [0.05, 0.1) is 0 Å². The van der Waals surface area contributed by atoms with Crippen molar-refractivity contribution >= 4 is 5.91 Å². The van der Waals surface area contributed by atoms with Crippen LogP contribution in [0.3, 0.4) is 0 Å². The van der Waals surface area contributed by atoms with Gasteiger partial charge in [-0.05, 0) is 38.3 Å². The molecule has 1 fully saturated rings. The molecule has 1 aliphatic heterocycles. The summed E-state index contributed by atoms with van der Waals surface area (Å²) in [6, 6.07) is 0. The average Bonchev–Trinajstić information content (AvgIpc) is 2.35. The van der Waals surface area contributed by atoms with Crippen LogP contribution in [0.1, 0.15) is 51.9 Å². The number of nitrogens with one attached hydrogen (secondary N) is 1. The lowest BCUT2D eigenvalue weighted by atomic mass is 9.97. The van der Waals surface area contributed by atoms with Crippen molar-refractivity contribution in [3.05, 3.63) is 0 Å². The van der Waals surface area contributed by atoms with Crippen molar-refractivity contribution in [2.75, 3.05) is 26.7 Å². The van der Waals surface area contributed by atoms with Crippen molar-refractivity contribution in [1.82, 2.24) is 10.2 Å². The fraction of sp³-hybridized carbons (Fsp3) is 0.929. The molecule has 0 aromatic heterocycles. The van der Waals surface area contributed by atoms with Crippen molar-refractivity contribution < 1.29 is 4.79 Å². The summed E-state index contributed by atoms with van der Waals surface area (Å²) < 4.78 is 0. The van der Waals surface area contributed by atoms with Gasteiger partial charge in [0, 0.05) is 20.0 Å². The first-order valence-electron chi connectivity index (χ1n) is 7.18. The van der Waals surface area contributed by atoms with Gasteiger partial charge in [-0.2, -0.15) is 0 Å². The van der Waals surface area contributed by atoms with Crippen LogP contribution in [0.4, 0.5) is 0 Å². The van der Waals surface area contributed by atoms with Gasteiger partial charge in [0.15, 0.2) is 0 Å². The summed E-state index contributed by atoms with van der Waals surface area (Å²) in [7, 11) is 1.96. The Morgan fingerprint density at radius 2 is 1.94 bits per heavy atom. The molecule has 1 heterocycles. The van der Waals surface area contributed by atoms with E-state index in [1.165, 1.54) is 32.1 Å². The summed E-state index contributed by atoms with van der Waals surface area (Å²) in [4.78, 5) is 13.8. The summed E-state index contributed by atoms with van der Waals surface area (Å²) in [5.74, 6) is 1.04. The number of carbonyl (C=O) groups excluding carboxylic acids is 1. The normalized spacial score (nSPS) is 17.1. The Bertz CT molecular complexity index is 212. The lowest BCUT2D eigenvalue weighted by Crippen LogP contribution is -2.37. The molecule has 0 saturated carbocycles. The first-order valence-corrected chi connectivity index (χ1v) is 7.18. The zero-order valence-electron chi connectivity index (χ0n) is 11.5. The van der Waals surface area contributed by atoms with Crippen LogP contribution in [0.2, 0.25) is 0 Å². The minimum Gasteiger partial charge on any atom is -0.345 e. The number of piperidine rings is 1. The number of unbranched alkanes of at least 4 members (excludes halogenated alkanes) is 3. The maximum absolute atomic E-state index is 11.9. The molecule has 0 aromatic rings. The lowest BCUT2D eigenvalue weighted by Gasteiger charge is -2.27. The van der Waals surface area contributed by atoms with E-state index in [9.17, 15) is 4.79 Å². The first-order chi connectivity index (χ1) is 8.24. The summed E-state index contributed by atoms with van der Waals surface area (Å²) in [6.45, 7) is 5.38. The molecule has 17 heavy (non-hydrogen) atoms. The quantitative estimate of drug-likeness (QED) is 0.693. The topological polar surface area (TPSA) is 32.3 Å². The highest BCUT2D eigenvalue weighted by molar-refractivity contribution is 5.75. The van der Waals surface area contributed by atoms with E-state index >= 15 is 0 Å². The van der Waals surface area contributed by atoms with Crippen LogP contribution in [0.25, 0.3) is 0 Å². The SMILES string of the molecule is CCCCCCC(=O)N(C)CC1CCNCC1. The number of rotatable bonds is 7. The molecule has 0 radical (unpaired) electrons. The van der Waals surface area contributed by atoms with E-state index < -0.39 is 0 Å². The third-order valence-electron chi connectivity index (χ3n) is 3.66. The van der Waals surface area contributed by atoms with Crippen molar-refractivity contribution in [2.45, 2.75) is 51.9 Å². The Kier molecular flexibility index (Phi) is 7.25. The molecule has 1 saturated heterocycles. The minimum atomic E-state index is 0.333. The van der Waals surface area contributed by atoms with Crippen LogP contribution >= 0.6 is 0 Å². The summed E-state index contributed by atoms with van der Waals surface area (Å²) in [6.07, 6.45) is 7.92.